The molecule has 24 heavy (non-hydrogen) atoms. The van der Waals surface area contributed by atoms with E-state index in [0.29, 0.717) is 6.54 Å². The van der Waals surface area contributed by atoms with Crippen molar-refractivity contribution in [1.29, 1.82) is 0 Å². The van der Waals surface area contributed by atoms with Crippen LogP contribution in [0.25, 0.3) is 0 Å². The third kappa shape index (κ3) is 6.72. The van der Waals surface area contributed by atoms with Crippen molar-refractivity contribution in [1.82, 2.24) is 20.2 Å². The number of halogens is 1. The Morgan fingerprint density at radius 1 is 1.33 bits per heavy atom. The number of nitrogens with zero attached hydrogens (tertiary/aromatic N) is 3. The molecule has 0 fully saturated rings. The molecule has 2 N–H and O–H groups in total. The predicted molar refractivity (Wildman–Crippen MR) is 113 cm³/mol. The number of hydrogen-bond acceptors (Lipinski definition) is 3. The maximum absolute atomic E-state index is 4.70. The number of thioether (sulfide) groups is 1. The van der Waals surface area contributed by atoms with Gasteiger partial charge in [0.05, 0.1) is 12.9 Å². The number of imidazole rings is 1. The molecule has 0 radical (unpaired) electrons. The first-order chi connectivity index (χ1) is 11.2. The number of nitrogens with one attached hydrogen (secondary N) is 2. The summed E-state index contributed by atoms with van der Waals surface area (Å²) in [4.78, 5) is 10.0. The van der Waals surface area contributed by atoms with Gasteiger partial charge in [0.1, 0.15) is 0 Å². The second kappa shape index (κ2) is 11.4. The summed E-state index contributed by atoms with van der Waals surface area (Å²) in [6, 6.07) is 6.53. The van der Waals surface area contributed by atoms with E-state index >= 15 is 0 Å². The summed E-state index contributed by atoms with van der Waals surface area (Å²) >= 11 is 1.77. The van der Waals surface area contributed by atoms with Gasteiger partial charge in [-0.1, -0.05) is 12.1 Å². The number of aromatic nitrogens is 2. The zero-order valence-corrected chi connectivity index (χ0v) is 17.6. The van der Waals surface area contributed by atoms with E-state index in [0.717, 1.165) is 25.6 Å². The topological polar surface area (TPSA) is 54.2 Å². The van der Waals surface area contributed by atoms with Crippen molar-refractivity contribution < 1.29 is 0 Å². The zero-order valence-electron chi connectivity index (χ0n) is 14.5. The highest BCUT2D eigenvalue weighted by molar-refractivity contribution is 14.0. The van der Waals surface area contributed by atoms with Crippen LogP contribution >= 0.6 is 35.7 Å². The minimum Gasteiger partial charge on any atom is -0.357 e. The maximum atomic E-state index is 4.70. The van der Waals surface area contributed by atoms with Gasteiger partial charge in [-0.25, -0.2) is 9.98 Å². The normalized spacial score (nSPS) is 11.0. The van der Waals surface area contributed by atoms with Crippen LogP contribution < -0.4 is 10.6 Å². The van der Waals surface area contributed by atoms with Crippen LogP contribution in [0.1, 0.15) is 18.1 Å². The van der Waals surface area contributed by atoms with Crippen LogP contribution in [0, 0.1) is 6.92 Å². The van der Waals surface area contributed by atoms with Gasteiger partial charge in [0, 0.05) is 36.9 Å². The number of hydrogen-bond donors (Lipinski definition) is 2. The first-order valence-corrected chi connectivity index (χ1v) is 9.07. The van der Waals surface area contributed by atoms with Crippen molar-refractivity contribution in [3.8, 4) is 0 Å². The fourth-order valence-electron chi connectivity index (χ4n) is 2.21. The molecule has 2 aromatic rings. The van der Waals surface area contributed by atoms with Crippen molar-refractivity contribution >= 4 is 41.7 Å². The Kier molecular flexibility index (Phi) is 9.85. The van der Waals surface area contributed by atoms with E-state index in [1.54, 1.807) is 18.0 Å². The Hall–Kier alpha value is -1.22. The lowest BCUT2D eigenvalue weighted by molar-refractivity contribution is 0.662. The largest absolute Gasteiger partial charge is 0.357 e. The van der Waals surface area contributed by atoms with Gasteiger partial charge in [-0.3, -0.25) is 0 Å². The lowest BCUT2D eigenvalue weighted by Gasteiger charge is -2.12. The second-order valence-electron chi connectivity index (χ2n) is 5.24. The Morgan fingerprint density at radius 3 is 2.83 bits per heavy atom. The number of aliphatic imine (C=N–C) groups is 1. The van der Waals surface area contributed by atoms with E-state index in [1.807, 2.05) is 17.1 Å². The summed E-state index contributed by atoms with van der Waals surface area (Å²) in [5, 5.41) is 6.65. The molecule has 0 unspecified atom stereocenters. The number of guanidine groups is 1. The van der Waals surface area contributed by atoms with E-state index in [1.165, 1.54) is 16.0 Å². The van der Waals surface area contributed by atoms with Gasteiger partial charge in [-0.2, -0.15) is 0 Å². The second-order valence-corrected chi connectivity index (χ2v) is 6.09. The Bertz CT molecular complexity index is 628. The standard InChI is InChI=1S/C17H25N5S.HI/c1-4-19-17(20-8-10-22-9-7-18-13-22)21-12-15-6-5-14(2)11-16(15)23-3;/h5-7,9,11,13H,4,8,10,12H2,1-3H3,(H2,19,20,21);1H. The van der Waals surface area contributed by atoms with Crippen LogP contribution in [0.5, 0.6) is 0 Å². The van der Waals surface area contributed by atoms with Gasteiger partial charge in [-0.15, -0.1) is 35.7 Å². The average molecular weight is 459 g/mol. The molecule has 1 aromatic carbocycles. The van der Waals surface area contributed by atoms with Gasteiger partial charge < -0.3 is 15.2 Å². The molecule has 132 valence electrons. The van der Waals surface area contributed by atoms with Crippen molar-refractivity contribution in [3.05, 3.63) is 48.0 Å². The van der Waals surface area contributed by atoms with Gasteiger partial charge in [-0.05, 0) is 37.3 Å². The molecule has 5 nitrogen and oxygen atoms in total. The Morgan fingerprint density at radius 2 is 2.17 bits per heavy atom. The average Bonchev–Trinajstić information content (AvgIpc) is 3.06. The number of rotatable bonds is 7. The van der Waals surface area contributed by atoms with E-state index in [2.05, 4.69) is 53.9 Å². The van der Waals surface area contributed by atoms with Crippen LogP contribution in [0.4, 0.5) is 0 Å². The molecule has 7 heteroatoms. The highest BCUT2D eigenvalue weighted by atomic mass is 127. The van der Waals surface area contributed by atoms with E-state index in [9.17, 15) is 0 Å². The quantitative estimate of drug-likeness (QED) is 0.289. The molecular formula is C17H26IN5S. The Labute approximate surface area is 165 Å². The third-order valence-electron chi connectivity index (χ3n) is 3.42. The molecule has 0 saturated heterocycles. The smallest absolute Gasteiger partial charge is 0.191 e. The van der Waals surface area contributed by atoms with Gasteiger partial charge >= 0.3 is 0 Å². The van der Waals surface area contributed by atoms with Crippen LogP contribution in [0.2, 0.25) is 0 Å². The van der Waals surface area contributed by atoms with E-state index < -0.39 is 0 Å². The lowest BCUT2D eigenvalue weighted by atomic mass is 10.1. The summed E-state index contributed by atoms with van der Waals surface area (Å²) in [7, 11) is 0. The molecule has 0 saturated carbocycles. The lowest BCUT2D eigenvalue weighted by Crippen LogP contribution is -2.38. The first-order valence-electron chi connectivity index (χ1n) is 7.84. The molecule has 0 aliphatic carbocycles. The summed E-state index contributed by atoms with van der Waals surface area (Å²) in [6.45, 7) is 7.40. The predicted octanol–water partition coefficient (Wildman–Crippen LogP) is 3.29. The van der Waals surface area contributed by atoms with Crippen molar-refractivity contribution in [2.75, 3.05) is 19.3 Å². The minimum atomic E-state index is 0. The third-order valence-corrected chi connectivity index (χ3v) is 4.24. The van der Waals surface area contributed by atoms with Crippen LogP contribution in [0.3, 0.4) is 0 Å². The number of aryl methyl sites for hydroxylation is 1. The summed E-state index contributed by atoms with van der Waals surface area (Å²) < 4.78 is 2.04. The number of benzene rings is 1. The first kappa shape index (κ1) is 20.8. The fraction of sp³-hybridized carbons (Fsp3) is 0.412. The molecule has 0 aliphatic rings. The van der Waals surface area contributed by atoms with E-state index in [4.69, 9.17) is 4.99 Å². The van der Waals surface area contributed by atoms with Crippen molar-refractivity contribution in [3.63, 3.8) is 0 Å². The zero-order chi connectivity index (χ0) is 16.5. The maximum Gasteiger partial charge on any atom is 0.191 e. The summed E-state index contributed by atoms with van der Waals surface area (Å²) in [6.07, 6.45) is 7.68. The summed E-state index contributed by atoms with van der Waals surface area (Å²) in [5.74, 6) is 0.847. The molecule has 0 aliphatic heterocycles. The van der Waals surface area contributed by atoms with Gasteiger partial charge in [0.2, 0.25) is 0 Å². The van der Waals surface area contributed by atoms with Gasteiger partial charge in [0.15, 0.2) is 5.96 Å². The molecule has 1 aromatic heterocycles. The molecule has 1 heterocycles. The van der Waals surface area contributed by atoms with Crippen LogP contribution in [0.15, 0.2) is 46.8 Å². The fourth-order valence-corrected chi connectivity index (χ4v) is 2.91. The monoisotopic (exact) mass is 459 g/mol. The molecule has 0 amide bonds. The van der Waals surface area contributed by atoms with Crippen LogP contribution in [-0.2, 0) is 13.1 Å². The highest BCUT2D eigenvalue weighted by Gasteiger charge is 2.03. The molecule has 2 rings (SSSR count). The molecule has 0 bridgehead atoms. The minimum absolute atomic E-state index is 0. The summed E-state index contributed by atoms with van der Waals surface area (Å²) in [5.41, 5.74) is 2.54. The van der Waals surface area contributed by atoms with E-state index in [-0.39, 0.29) is 24.0 Å². The van der Waals surface area contributed by atoms with Crippen molar-refractivity contribution in [2.45, 2.75) is 31.8 Å². The molecule has 0 atom stereocenters. The van der Waals surface area contributed by atoms with Crippen molar-refractivity contribution in [2.24, 2.45) is 4.99 Å². The molecule has 0 spiro atoms. The Balaban J connectivity index is 0.00000288. The highest BCUT2D eigenvalue weighted by Crippen LogP contribution is 2.22. The SMILES string of the molecule is CCNC(=NCc1ccc(C)cc1SC)NCCn1ccnc1.I. The molecular weight excluding hydrogens is 433 g/mol. The van der Waals surface area contributed by atoms with Gasteiger partial charge in [0.25, 0.3) is 0 Å². The van der Waals surface area contributed by atoms with Crippen LogP contribution in [-0.4, -0.2) is 34.9 Å².